The second kappa shape index (κ2) is 18.7. The molecule has 2 aliphatic rings. The number of morpholine rings is 1. The zero-order valence-corrected chi connectivity index (χ0v) is 35.3. The first-order valence-corrected chi connectivity index (χ1v) is 21.8. The highest BCUT2D eigenvalue weighted by molar-refractivity contribution is 7.84. The van der Waals surface area contributed by atoms with E-state index in [2.05, 4.69) is 25.2 Å². The molecule has 6 aromatic rings. The van der Waals surface area contributed by atoms with Crippen LogP contribution in [0.2, 0.25) is 0 Å². The first-order chi connectivity index (χ1) is 29.0. The maximum absolute atomic E-state index is 13.6. The van der Waals surface area contributed by atoms with E-state index in [4.69, 9.17) is 9.72 Å². The lowest BCUT2D eigenvalue weighted by Crippen LogP contribution is -2.46. The van der Waals surface area contributed by atoms with Crippen LogP contribution in [0.1, 0.15) is 50.9 Å². The highest BCUT2D eigenvalue weighted by atomic mass is 32.2. The maximum Gasteiger partial charge on any atom is 0.333 e. The van der Waals surface area contributed by atoms with Crippen molar-refractivity contribution in [3.8, 4) is 34.2 Å². The quantitative estimate of drug-likeness (QED) is 0.165. The van der Waals surface area contributed by atoms with E-state index in [0.717, 1.165) is 63.4 Å². The van der Waals surface area contributed by atoms with Crippen LogP contribution in [-0.2, 0) is 28.6 Å². The molecular formula is C43H50F2N10O4S. The van der Waals surface area contributed by atoms with E-state index in [1.54, 1.807) is 50.2 Å². The van der Waals surface area contributed by atoms with Crippen molar-refractivity contribution in [1.29, 1.82) is 0 Å². The molecule has 0 spiro atoms. The van der Waals surface area contributed by atoms with Gasteiger partial charge in [-0.25, -0.2) is 38.3 Å². The average Bonchev–Trinajstić information content (AvgIpc) is 3.67. The molecule has 4 aromatic heterocycles. The van der Waals surface area contributed by atoms with Crippen LogP contribution in [-0.4, -0.2) is 92.0 Å². The van der Waals surface area contributed by atoms with Crippen molar-refractivity contribution < 1.29 is 17.7 Å². The van der Waals surface area contributed by atoms with Crippen LogP contribution in [0.5, 0.6) is 0 Å². The van der Waals surface area contributed by atoms with Crippen LogP contribution in [0.3, 0.4) is 0 Å². The number of anilines is 1. The summed E-state index contributed by atoms with van der Waals surface area (Å²) in [5, 5.41) is 3.72. The molecule has 5 heterocycles. The Balaban J connectivity index is 0.000000192. The predicted octanol–water partition coefficient (Wildman–Crippen LogP) is 5.92. The fourth-order valence-electron chi connectivity index (χ4n) is 8.18. The van der Waals surface area contributed by atoms with E-state index in [9.17, 15) is 22.6 Å². The Morgan fingerprint density at radius 1 is 0.717 bits per heavy atom. The summed E-state index contributed by atoms with van der Waals surface area (Å²) in [4.78, 5) is 46.2. The Labute approximate surface area is 349 Å². The van der Waals surface area contributed by atoms with E-state index in [1.165, 1.54) is 41.3 Å². The number of hydrogen-bond donors (Lipinski definition) is 1. The van der Waals surface area contributed by atoms with E-state index in [0.29, 0.717) is 65.3 Å². The van der Waals surface area contributed by atoms with Crippen LogP contribution in [0.15, 0.2) is 87.8 Å². The lowest BCUT2D eigenvalue weighted by molar-refractivity contribution is 0.00790. The molecule has 8 rings (SSSR count). The fraction of sp³-hybridized carbons (Fsp3) is 0.395. The summed E-state index contributed by atoms with van der Waals surface area (Å²) in [6.45, 7) is 12.3. The summed E-state index contributed by atoms with van der Waals surface area (Å²) < 4.78 is 50.4. The molecule has 1 atom stereocenters. The van der Waals surface area contributed by atoms with Crippen molar-refractivity contribution in [1.82, 2.24) is 43.1 Å². The number of hydrogen-bond acceptors (Lipinski definition) is 10. The fourth-order valence-corrected chi connectivity index (χ4v) is 8.62. The molecule has 1 saturated heterocycles. The number of nitrogens with zero attached hydrogens (tertiary/aromatic N) is 9. The highest BCUT2D eigenvalue weighted by Crippen LogP contribution is 2.29. The molecule has 14 nitrogen and oxygen atoms in total. The standard InChI is InChI=1S/C26H33FN6O2.C17H17FN4O2S/c1-3-32-18(2)24(33(26(32)34)22-8-4-19(27)5-9-22)23-12-13-28-25(30-23)29-20-6-10-21(11-7-20)31-14-16-35-17-15-31;1-4-21-11(2)15(14-9-10-19-16(20-14)25(3)24)22(17(21)23)13-7-5-12(18)6-8-13/h4-5,8-9,12-13,20-21H,3,6-7,10-11,14-17H2,1-2H3,(H,28,29,30);5-10H,4H2,1-3H3. The van der Waals surface area contributed by atoms with Gasteiger partial charge in [-0.2, -0.15) is 0 Å². The third kappa shape index (κ3) is 8.93. The van der Waals surface area contributed by atoms with Gasteiger partial charge in [-0.15, -0.1) is 0 Å². The maximum atomic E-state index is 13.6. The number of ether oxygens (including phenoxy) is 1. The molecular weight excluding hydrogens is 791 g/mol. The third-order valence-corrected chi connectivity index (χ3v) is 11.9. The number of aromatic nitrogens is 8. The van der Waals surface area contributed by atoms with Crippen molar-refractivity contribution in [3.63, 3.8) is 0 Å². The Bertz CT molecular complexity index is 2570. The molecule has 17 heteroatoms. The van der Waals surface area contributed by atoms with Crippen molar-refractivity contribution in [2.24, 2.45) is 0 Å². The van der Waals surface area contributed by atoms with Gasteiger partial charge in [0.25, 0.3) is 0 Å². The van der Waals surface area contributed by atoms with Gasteiger partial charge >= 0.3 is 11.4 Å². The number of halogens is 2. The van der Waals surface area contributed by atoms with E-state index in [1.807, 2.05) is 33.8 Å². The Hall–Kier alpha value is -5.65. The minimum atomic E-state index is -1.34. The molecule has 1 aliphatic carbocycles. The smallest absolute Gasteiger partial charge is 0.333 e. The zero-order chi connectivity index (χ0) is 42.5. The molecule has 2 aromatic carbocycles. The van der Waals surface area contributed by atoms with E-state index >= 15 is 0 Å². The van der Waals surface area contributed by atoms with Gasteiger partial charge in [0.1, 0.15) is 11.6 Å². The van der Waals surface area contributed by atoms with Crippen LogP contribution >= 0.6 is 0 Å². The van der Waals surface area contributed by atoms with Gasteiger partial charge in [0.2, 0.25) is 11.1 Å². The molecule has 2 fully saturated rings. The molecule has 1 N–H and O–H groups in total. The first-order valence-electron chi connectivity index (χ1n) is 20.2. The molecule has 1 aliphatic heterocycles. The van der Waals surface area contributed by atoms with Crippen molar-refractivity contribution in [3.05, 3.63) is 117 Å². The van der Waals surface area contributed by atoms with E-state index < -0.39 is 10.8 Å². The van der Waals surface area contributed by atoms with Crippen molar-refractivity contribution in [2.45, 2.75) is 83.7 Å². The molecule has 60 heavy (non-hydrogen) atoms. The minimum absolute atomic E-state index is 0.166. The van der Waals surface area contributed by atoms with Gasteiger partial charge in [-0.05, 0) is 114 Å². The molecule has 316 valence electrons. The summed E-state index contributed by atoms with van der Waals surface area (Å²) in [5.41, 5.74) is 4.71. The normalized spacial score (nSPS) is 17.5. The second-order valence-corrected chi connectivity index (χ2v) is 16.1. The molecule has 1 unspecified atom stereocenters. The molecule has 1 saturated carbocycles. The summed E-state index contributed by atoms with van der Waals surface area (Å²) in [6, 6.07) is 16.1. The largest absolute Gasteiger partial charge is 0.379 e. The monoisotopic (exact) mass is 840 g/mol. The van der Waals surface area contributed by atoms with Crippen LogP contribution in [0.4, 0.5) is 14.7 Å². The summed E-state index contributed by atoms with van der Waals surface area (Å²) in [6.07, 6.45) is 9.19. The number of nitrogens with one attached hydrogen (secondary N) is 1. The number of imidazole rings is 2. The minimum Gasteiger partial charge on any atom is -0.379 e. The Morgan fingerprint density at radius 3 is 1.68 bits per heavy atom. The van der Waals surface area contributed by atoms with Crippen LogP contribution < -0.4 is 16.7 Å². The molecule has 0 amide bonds. The predicted molar refractivity (Wildman–Crippen MR) is 227 cm³/mol. The number of rotatable bonds is 10. The van der Waals surface area contributed by atoms with Crippen molar-refractivity contribution >= 4 is 16.7 Å². The van der Waals surface area contributed by atoms with Crippen molar-refractivity contribution in [2.75, 3.05) is 37.9 Å². The summed E-state index contributed by atoms with van der Waals surface area (Å²) in [7, 11) is -1.34. The second-order valence-electron chi connectivity index (χ2n) is 14.8. The lowest BCUT2D eigenvalue weighted by Gasteiger charge is -2.38. The zero-order valence-electron chi connectivity index (χ0n) is 34.5. The Kier molecular flexibility index (Phi) is 13.3. The van der Waals surface area contributed by atoms with E-state index in [-0.39, 0.29) is 28.2 Å². The van der Waals surface area contributed by atoms with Crippen LogP contribution in [0, 0.1) is 25.5 Å². The van der Waals surface area contributed by atoms with Crippen LogP contribution in [0.25, 0.3) is 34.2 Å². The lowest BCUT2D eigenvalue weighted by atomic mass is 9.90. The number of benzene rings is 2. The topological polar surface area (TPSA) is 147 Å². The van der Waals surface area contributed by atoms with Gasteiger partial charge in [-0.1, -0.05) is 0 Å². The Morgan fingerprint density at radius 2 is 1.20 bits per heavy atom. The average molecular weight is 841 g/mol. The first kappa shape index (κ1) is 42.5. The van der Waals surface area contributed by atoms with Gasteiger partial charge in [0.05, 0.1) is 58.2 Å². The highest BCUT2D eigenvalue weighted by Gasteiger charge is 2.28. The third-order valence-electron chi connectivity index (χ3n) is 11.2. The van der Waals surface area contributed by atoms with Gasteiger partial charge in [0.15, 0.2) is 0 Å². The summed E-state index contributed by atoms with van der Waals surface area (Å²) in [5.74, 6) is -0.151. The van der Waals surface area contributed by atoms with Gasteiger partial charge in [0, 0.05) is 68.3 Å². The van der Waals surface area contributed by atoms with Gasteiger partial charge < -0.3 is 10.1 Å². The SMILES string of the molecule is CCn1c(C)c(-c2ccnc(NC3CCC(N4CCOCC4)CC3)n2)n(-c2ccc(F)cc2)c1=O.CCn1c(C)c(-c2ccnc(S(C)=O)n2)n(-c2ccc(F)cc2)c1=O. The van der Waals surface area contributed by atoms with Gasteiger partial charge in [-0.3, -0.25) is 27.4 Å². The summed E-state index contributed by atoms with van der Waals surface area (Å²) >= 11 is 0. The molecule has 0 bridgehead atoms. The molecule has 0 radical (unpaired) electrons.